The molecule has 0 amide bonds. The number of hydrogen-bond donors (Lipinski definition) is 0. The Morgan fingerprint density at radius 2 is 0.756 bits per heavy atom. The largest absolute Gasteiger partial charge is 0.311 e. The first-order valence-electron chi connectivity index (χ1n) is 26.7. The molecule has 0 unspecified atom stereocenters. The van der Waals surface area contributed by atoms with Gasteiger partial charge in [0.2, 0.25) is 0 Å². The first kappa shape index (κ1) is 45.3. The molecule has 2 aliphatic heterocycles. The van der Waals surface area contributed by atoms with Crippen molar-refractivity contribution >= 4 is 79.0 Å². The van der Waals surface area contributed by atoms with Crippen LogP contribution in [-0.4, -0.2) is 26.2 Å². The van der Waals surface area contributed by atoms with Crippen LogP contribution in [0.25, 0.3) is 83.9 Å². The number of para-hydroxylation sites is 3. The van der Waals surface area contributed by atoms with Crippen molar-refractivity contribution in [3.63, 3.8) is 0 Å². The zero-order chi connectivity index (χ0) is 51.8. The first-order valence-corrected chi connectivity index (χ1v) is 26.7. The van der Waals surface area contributed by atoms with E-state index in [1.165, 1.54) is 61.0 Å². The molecule has 0 bridgehead atoms. The summed E-state index contributed by atoms with van der Waals surface area (Å²) in [5, 5.41) is 2.46. The van der Waals surface area contributed by atoms with Crippen LogP contribution in [0.2, 0.25) is 0 Å². The molecule has 366 valence electrons. The molecule has 0 N–H and O–H groups in total. The van der Waals surface area contributed by atoms with Crippen molar-refractivity contribution in [1.29, 1.82) is 0 Å². The van der Waals surface area contributed by atoms with E-state index in [0.29, 0.717) is 17.5 Å². The number of anilines is 6. The van der Waals surface area contributed by atoms with Crippen molar-refractivity contribution in [2.45, 2.75) is 13.8 Å². The topological polar surface area (TPSA) is 50.1 Å². The normalized spacial score (nSPS) is 12.4. The highest BCUT2D eigenvalue weighted by atomic mass is 15.2. The molecular weight excluding hydrogens is 948 g/mol. The first-order chi connectivity index (χ1) is 38.5. The van der Waals surface area contributed by atoms with Crippen LogP contribution in [0, 0.1) is 13.8 Å². The van der Waals surface area contributed by atoms with Crippen LogP contribution in [0.15, 0.2) is 261 Å². The molecule has 0 spiro atoms. The lowest BCUT2D eigenvalue weighted by atomic mass is 9.33. The van der Waals surface area contributed by atoms with Gasteiger partial charge < -0.3 is 14.4 Å². The van der Waals surface area contributed by atoms with Crippen LogP contribution in [0.1, 0.15) is 11.1 Å². The third kappa shape index (κ3) is 7.46. The molecule has 78 heavy (non-hydrogen) atoms. The molecule has 0 fully saturated rings. The van der Waals surface area contributed by atoms with Crippen LogP contribution >= 0.6 is 0 Å². The number of fused-ring (bicyclic) bond motifs is 7. The molecule has 7 heteroatoms. The molecular formula is C71H49BN6. The Labute approximate surface area is 454 Å². The predicted octanol–water partition coefficient (Wildman–Crippen LogP) is 16.0. The molecule has 13 aromatic rings. The average molecular weight is 997 g/mol. The van der Waals surface area contributed by atoms with E-state index in [2.05, 4.69) is 253 Å². The number of aryl methyl sites for hydroxylation is 2. The van der Waals surface area contributed by atoms with Crippen molar-refractivity contribution in [3.8, 4) is 62.1 Å². The lowest BCUT2D eigenvalue weighted by Gasteiger charge is -2.44. The summed E-state index contributed by atoms with van der Waals surface area (Å²) in [4.78, 5) is 20.4. The summed E-state index contributed by atoms with van der Waals surface area (Å²) in [6.45, 7) is 4.42. The lowest BCUT2D eigenvalue weighted by Crippen LogP contribution is -2.61. The second kappa shape index (κ2) is 18.3. The van der Waals surface area contributed by atoms with Gasteiger partial charge in [0.25, 0.3) is 6.71 Å². The fraction of sp³-hybridized carbons (Fsp3) is 0.0282. The fourth-order valence-electron chi connectivity index (χ4n) is 12.2. The minimum atomic E-state index is 0.0691. The van der Waals surface area contributed by atoms with Crippen LogP contribution in [0.4, 0.5) is 34.1 Å². The van der Waals surface area contributed by atoms with Gasteiger partial charge in [-0.3, -0.25) is 0 Å². The van der Waals surface area contributed by atoms with Gasteiger partial charge in [0, 0.05) is 67.2 Å². The van der Waals surface area contributed by atoms with Crippen LogP contribution in [0.5, 0.6) is 0 Å². The maximum atomic E-state index is 5.21. The van der Waals surface area contributed by atoms with Gasteiger partial charge in [0.1, 0.15) is 0 Å². The van der Waals surface area contributed by atoms with E-state index in [9.17, 15) is 0 Å². The van der Waals surface area contributed by atoms with Gasteiger partial charge in [-0.25, -0.2) is 15.0 Å². The minimum absolute atomic E-state index is 0.0691. The maximum Gasteiger partial charge on any atom is 0.252 e. The molecule has 0 atom stereocenters. The van der Waals surface area contributed by atoms with Gasteiger partial charge in [-0.1, -0.05) is 175 Å². The van der Waals surface area contributed by atoms with E-state index in [4.69, 9.17) is 15.0 Å². The Balaban J connectivity index is 0.904. The highest BCUT2D eigenvalue weighted by molar-refractivity contribution is 7.00. The van der Waals surface area contributed by atoms with Crippen LogP contribution < -0.4 is 26.2 Å². The molecule has 2 aliphatic rings. The van der Waals surface area contributed by atoms with E-state index in [0.717, 1.165) is 67.0 Å². The number of nitrogens with zero attached hydrogens (tertiary/aromatic N) is 6. The van der Waals surface area contributed by atoms with Gasteiger partial charge in [0.15, 0.2) is 17.5 Å². The SMILES string of the molecule is Cc1ccc2c(c1)c1cc(C)ccc1n2-c1ccc(-c2nc(-c3ccccc3)nc(-c3ccccc3)n2)cc1-c1cccc(-c2cccc(N3c4ccccc4B4c5ccccc5N(c5ccccc5)c5cccc3c54)c2)c1. The molecule has 11 aromatic carbocycles. The molecule has 0 saturated heterocycles. The zero-order valence-electron chi connectivity index (χ0n) is 43.1. The third-order valence-corrected chi connectivity index (χ3v) is 15.7. The predicted molar refractivity (Wildman–Crippen MR) is 325 cm³/mol. The summed E-state index contributed by atoms with van der Waals surface area (Å²) >= 11 is 0. The van der Waals surface area contributed by atoms with Crippen LogP contribution in [0.3, 0.4) is 0 Å². The van der Waals surface area contributed by atoms with Crippen LogP contribution in [-0.2, 0) is 0 Å². The maximum absolute atomic E-state index is 5.21. The molecule has 0 radical (unpaired) electrons. The fourth-order valence-corrected chi connectivity index (χ4v) is 12.2. The summed E-state index contributed by atoms with van der Waals surface area (Å²) in [7, 11) is 0. The highest BCUT2D eigenvalue weighted by Gasteiger charge is 2.42. The lowest BCUT2D eigenvalue weighted by molar-refractivity contribution is 1.07. The van der Waals surface area contributed by atoms with E-state index < -0.39 is 0 Å². The van der Waals surface area contributed by atoms with E-state index in [1.807, 2.05) is 36.4 Å². The monoisotopic (exact) mass is 996 g/mol. The standard InChI is InChI=1S/C71H49BN6/c1-46-35-38-62-57(41-46)58-42-47(2)36-39-63(58)78(62)61-40-37-53(71-74-69(48-19-6-3-7-20-48)73-70(75-71)49-21-8-4-9-22-49)45-56(61)52-25-16-23-50(43-52)51-24-17-28-55(44-51)77-65-32-15-13-30-60(65)72-59-29-12-14-31-64(59)76(54-26-10-5-11-27-54)66-33-18-34-67(77)68(66)72/h3-45H,1-2H3. The Kier molecular flexibility index (Phi) is 10.6. The molecule has 6 nitrogen and oxygen atoms in total. The average Bonchev–Trinajstić information content (AvgIpc) is 3.48. The van der Waals surface area contributed by atoms with Crippen molar-refractivity contribution < 1.29 is 0 Å². The van der Waals surface area contributed by atoms with Crippen molar-refractivity contribution in [1.82, 2.24) is 19.5 Å². The van der Waals surface area contributed by atoms with Gasteiger partial charge in [-0.05, 0) is 144 Å². The Morgan fingerprint density at radius 3 is 1.36 bits per heavy atom. The molecule has 15 rings (SSSR count). The Bertz CT molecular complexity index is 4380. The number of rotatable bonds is 8. The second-order valence-electron chi connectivity index (χ2n) is 20.5. The Morgan fingerprint density at radius 1 is 0.308 bits per heavy atom. The van der Waals surface area contributed by atoms with E-state index in [1.54, 1.807) is 0 Å². The number of aromatic nitrogens is 4. The summed E-state index contributed by atoms with van der Waals surface area (Å²) in [5.74, 6) is 1.86. The molecule has 0 saturated carbocycles. The van der Waals surface area contributed by atoms with Crippen molar-refractivity contribution in [2.75, 3.05) is 9.80 Å². The summed E-state index contributed by atoms with van der Waals surface area (Å²) < 4.78 is 2.44. The second-order valence-corrected chi connectivity index (χ2v) is 20.5. The Hall–Kier alpha value is -10.1. The quantitative estimate of drug-likeness (QED) is 0.142. The minimum Gasteiger partial charge on any atom is -0.311 e. The van der Waals surface area contributed by atoms with Gasteiger partial charge in [0.05, 0.1) is 16.7 Å². The smallest absolute Gasteiger partial charge is 0.252 e. The molecule has 2 aromatic heterocycles. The summed E-state index contributed by atoms with van der Waals surface area (Å²) in [6, 6.07) is 94.3. The van der Waals surface area contributed by atoms with Crippen molar-refractivity contribution in [3.05, 3.63) is 272 Å². The number of benzene rings is 11. The zero-order valence-corrected chi connectivity index (χ0v) is 43.1. The summed E-state index contributed by atoms with van der Waals surface area (Å²) in [5.41, 5.74) is 23.9. The highest BCUT2D eigenvalue weighted by Crippen LogP contribution is 2.45. The molecule has 4 heterocycles. The van der Waals surface area contributed by atoms with E-state index in [-0.39, 0.29) is 6.71 Å². The molecule has 0 aliphatic carbocycles. The van der Waals surface area contributed by atoms with Gasteiger partial charge >= 0.3 is 0 Å². The van der Waals surface area contributed by atoms with Gasteiger partial charge in [-0.15, -0.1) is 0 Å². The third-order valence-electron chi connectivity index (χ3n) is 15.7. The van der Waals surface area contributed by atoms with Crippen molar-refractivity contribution in [2.24, 2.45) is 0 Å². The number of hydrogen-bond acceptors (Lipinski definition) is 5. The summed E-state index contributed by atoms with van der Waals surface area (Å²) in [6.07, 6.45) is 0. The van der Waals surface area contributed by atoms with Gasteiger partial charge in [-0.2, -0.15) is 0 Å². The van der Waals surface area contributed by atoms with E-state index >= 15 is 0 Å².